The minimum Gasteiger partial charge on any atom is -0.463 e. The largest absolute Gasteiger partial charge is 0.463 e. The molecule has 0 N–H and O–H groups in total. The monoisotopic (exact) mass is 985 g/mol. The van der Waals surface area contributed by atoms with E-state index >= 15 is 0 Å². The van der Waals surface area contributed by atoms with Crippen LogP contribution in [0.1, 0.15) is 193 Å². The molecule has 0 atom stereocenters. The summed E-state index contributed by atoms with van der Waals surface area (Å²) >= 11 is 0. The number of amides is 4. The highest BCUT2D eigenvalue weighted by Crippen LogP contribution is 2.16. The van der Waals surface area contributed by atoms with Gasteiger partial charge in [0.2, 0.25) is 23.6 Å². The zero-order valence-electron chi connectivity index (χ0n) is 42.7. The van der Waals surface area contributed by atoms with Crippen LogP contribution in [0, 0.1) is 0 Å². The zero-order chi connectivity index (χ0) is 50.3. The van der Waals surface area contributed by atoms with Crippen molar-refractivity contribution in [2.45, 2.75) is 193 Å². The third-order valence-corrected chi connectivity index (χ3v) is 13.2. The molecule has 0 aromatic carbocycles. The fourth-order valence-corrected chi connectivity index (χ4v) is 8.95. The molecule has 16 nitrogen and oxygen atoms in total. The molecule has 0 radical (unpaired) electrons. The number of ether oxygens (including phenoxy) is 4. The van der Waals surface area contributed by atoms with Crippen molar-refractivity contribution in [1.29, 1.82) is 0 Å². The number of carbonyl (C=O) groups excluding carboxylic acids is 8. The van der Waals surface area contributed by atoms with Crippen LogP contribution in [-0.4, -0.2) is 146 Å². The average molecular weight is 985 g/mol. The number of hydrogen-bond acceptors (Lipinski definition) is 12. The third-order valence-electron chi connectivity index (χ3n) is 13.2. The lowest BCUT2D eigenvalue weighted by Gasteiger charge is -2.20. The van der Waals surface area contributed by atoms with E-state index < -0.39 is 23.9 Å². The molecule has 0 aromatic heterocycles. The molecule has 0 bridgehead atoms. The van der Waals surface area contributed by atoms with Crippen LogP contribution in [0.3, 0.4) is 0 Å². The summed E-state index contributed by atoms with van der Waals surface area (Å²) in [5.41, 5.74) is 0. The lowest BCUT2D eigenvalue weighted by atomic mass is 10.2. The Labute approximate surface area is 418 Å². The highest BCUT2D eigenvalue weighted by Gasteiger charge is 2.20. The Kier molecular flexibility index (Phi) is 33.1. The smallest absolute Gasteiger partial charge is 0.331 e. The second-order valence-corrected chi connectivity index (χ2v) is 19.1. The van der Waals surface area contributed by atoms with E-state index in [0.29, 0.717) is 52.1 Å². The van der Waals surface area contributed by atoms with Gasteiger partial charge in [-0.2, -0.15) is 0 Å². The molecule has 70 heavy (non-hydrogen) atoms. The third kappa shape index (κ3) is 29.4. The van der Waals surface area contributed by atoms with Gasteiger partial charge in [0.25, 0.3) is 0 Å². The fourth-order valence-electron chi connectivity index (χ4n) is 8.95. The van der Waals surface area contributed by atoms with Crippen LogP contribution >= 0.6 is 0 Å². The first-order valence-electron chi connectivity index (χ1n) is 27.3. The topological polar surface area (TPSA) is 186 Å². The van der Waals surface area contributed by atoms with Crippen LogP contribution in [0.4, 0.5) is 0 Å². The van der Waals surface area contributed by atoms with Crippen LogP contribution in [0.5, 0.6) is 0 Å². The van der Waals surface area contributed by atoms with Gasteiger partial charge in [-0.05, 0) is 122 Å². The van der Waals surface area contributed by atoms with E-state index in [1.807, 2.05) is 19.6 Å². The predicted octanol–water partition coefficient (Wildman–Crippen LogP) is 8.33. The fraction of sp³-hybridized carbons (Fsp3) is 0.778. The Morgan fingerprint density at radius 1 is 0.300 bits per heavy atom. The molecule has 0 spiro atoms. The van der Waals surface area contributed by atoms with E-state index in [2.05, 4.69) is 0 Å². The van der Waals surface area contributed by atoms with Crippen molar-refractivity contribution in [2.75, 3.05) is 78.8 Å². The van der Waals surface area contributed by atoms with E-state index in [4.69, 9.17) is 18.9 Å². The maximum absolute atomic E-state index is 12.0. The number of hydrogen-bond donors (Lipinski definition) is 0. The highest BCUT2D eigenvalue weighted by molar-refractivity contribution is 5.92. The number of carbonyl (C=O) groups is 8. The Morgan fingerprint density at radius 3 is 0.771 bits per heavy atom. The van der Waals surface area contributed by atoms with Gasteiger partial charge in [0.1, 0.15) is 0 Å². The van der Waals surface area contributed by atoms with Gasteiger partial charge in [-0.25, -0.2) is 19.2 Å². The standard InChI is InChI=1S/C28H46N2O6.C26H42N2O6/c31-25-15-7-5-11-21-29(25)19-9-1-3-13-23-35-27(33)17-18-28(34)36-24-14-4-2-10-20-30-22-12-6-8-16-26(30)32;29-23-13-6-5-9-19-27(23)17-7-1-3-10-21-33-25(31)15-16-26(32)34-22-11-4-2-8-18-28-20-12-14-24(28)30/h17-18H,1-16,19-24H2;15-16H,1-14,17-22H2. The molecule has 4 aliphatic rings. The van der Waals surface area contributed by atoms with Crippen molar-refractivity contribution in [1.82, 2.24) is 19.6 Å². The molecule has 0 aliphatic carbocycles. The molecule has 4 fully saturated rings. The van der Waals surface area contributed by atoms with Crippen LogP contribution in [-0.2, 0) is 57.3 Å². The molecular weight excluding hydrogens is 897 g/mol. The van der Waals surface area contributed by atoms with Crippen molar-refractivity contribution in [3.8, 4) is 0 Å². The van der Waals surface area contributed by atoms with E-state index in [-0.39, 0.29) is 23.6 Å². The predicted molar refractivity (Wildman–Crippen MR) is 267 cm³/mol. The molecule has 4 aliphatic heterocycles. The number of rotatable bonds is 32. The van der Waals surface area contributed by atoms with E-state index in [1.54, 1.807) is 0 Å². The summed E-state index contributed by atoms with van der Waals surface area (Å²) in [6.07, 6.45) is 32.7. The van der Waals surface area contributed by atoms with Crippen molar-refractivity contribution in [3.63, 3.8) is 0 Å². The Bertz CT molecular complexity index is 1560. The summed E-state index contributed by atoms with van der Waals surface area (Å²) in [7, 11) is 0. The Hall–Kier alpha value is -4.76. The van der Waals surface area contributed by atoms with Gasteiger partial charge in [-0.15, -0.1) is 0 Å². The normalized spacial score (nSPS) is 17.0. The Morgan fingerprint density at radius 2 is 0.529 bits per heavy atom. The van der Waals surface area contributed by atoms with E-state index in [9.17, 15) is 38.4 Å². The molecular formula is C54H88N4O12. The van der Waals surface area contributed by atoms with Crippen molar-refractivity contribution >= 4 is 47.5 Å². The summed E-state index contributed by atoms with van der Waals surface area (Å²) in [6, 6.07) is 0. The molecule has 4 amide bonds. The maximum Gasteiger partial charge on any atom is 0.331 e. The number of unbranched alkanes of at least 4 members (excludes halogenated alkanes) is 12. The highest BCUT2D eigenvalue weighted by atomic mass is 16.5. The van der Waals surface area contributed by atoms with Crippen LogP contribution in [0.2, 0.25) is 0 Å². The van der Waals surface area contributed by atoms with Gasteiger partial charge in [0, 0.05) is 102 Å². The van der Waals surface area contributed by atoms with Gasteiger partial charge in [-0.3, -0.25) is 19.2 Å². The summed E-state index contributed by atoms with van der Waals surface area (Å²) in [4.78, 5) is 102. The van der Waals surface area contributed by atoms with Crippen molar-refractivity contribution in [2.24, 2.45) is 0 Å². The average Bonchev–Trinajstić information content (AvgIpc) is 3.48. The zero-order valence-corrected chi connectivity index (χ0v) is 42.7. The minimum absolute atomic E-state index is 0.261. The first-order valence-corrected chi connectivity index (χ1v) is 27.3. The van der Waals surface area contributed by atoms with E-state index in [1.165, 1.54) is 0 Å². The molecule has 396 valence electrons. The lowest BCUT2D eigenvalue weighted by Crippen LogP contribution is -2.31. The SMILES string of the molecule is O=C(C=CC(=O)OCCCCCCN1CCCC1=O)OCCCCCCN1CCCCCC1=O.O=C(C=CC(=O)OCCCCCCN1CCCCCC1=O)OCCCCCCN1CCCCCC1=O. The minimum atomic E-state index is -0.539. The first kappa shape index (κ1) is 59.5. The maximum atomic E-state index is 12.0. The molecule has 16 heteroatoms. The van der Waals surface area contributed by atoms with Gasteiger partial charge in [0.15, 0.2) is 0 Å². The molecule has 0 unspecified atom stereocenters. The number of esters is 4. The Balaban J connectivity index is 0.000000371. The van der Waals surface area contributed by atoms with Gasteiger partial charge >= 0.3 is 23.9 Å². The summed E-state index contributed by atoms with van der Waals surface area (Å²) in [6.45, 7) is 8.11. The number of likely N-dealkylation sites (tertiary alicyclic amines) is 4. The van der Waals surface area contributed by atoms with Gasteiger partial charge < -0.3 is 38.5 Å². The summed E-state index contributed by atoms with van der Waals surface area (Å²) in [5.74, 6) is -1.05. The van der Waals surface area contributed by atoms with Crippen molar-refractivity contribution < 1.29 is 57.3 Å². The molecule has 4 heterocycles. The van der Waals surface area contributed by atoms with Gasteiger partial charge in [-0.1, -0.05) is 44.9 Å². The van der Waals surface area contributed by atoms with E-state index in [0.717, 1.165) is 244 Å². The van der Waals surface area contributed by atoms with Gasteiger partial charge in [0.05, 0.1) is 26.4 Å². The second kappa shape index (κ2) is 38.9. The molecule has 4 rings (SSSR count). The van der Waals surface area contributed by atoms with Crippen LogP contribution < -0.4 is 0 Å². The van der Waals surface area contributed by atoms with Crippen molar-refractivity contribution in [3.05, 3.63) is 24.3 Å². The lowest BCUT2D eigenvalue weighted by molar-refractivity contribution is -0.140. The first-order chi connectivity index (χ1) is 34.1. The second-order valence-electron chi connectivity index (χ2n) is 19.1. The quantitative estimate of drug-likeness (QED) is 0.0272. The molecule has 0 saturated carbocycles. The summed E-state index contributed by atoms with van der Waals surface area (Å²) in [5, 5.41) is 0. The number of nitrogens with zero attached hydrogens (tertiary/aromatic N) is 4. The van der Waals surface area contributed by atoms with Crippen LogP contribution in [0.15, 0.2) is 24.3 Å². The van der Waals surface area contributed by atoms with Crippen LogP contribution in [0.25, 0.3) is 0 Å². The summed E-state index contributed by atoms with van der Waals surface area (Å²) < 4.78 is 20.5. The molecule has 4 saturated heterocycles. The molecule has 0 aromatic rings.